The molecule has 0 aromatic rings. The van der Waals surface area contributed by atoms with Gasteiger partial charge in [-0.3, -0.25) is 0 Å². The normalized spacial score (nSPS) is 10.6. The quantitative estimate of drug-likeness (QED) is 0.123. The van der Waals surface area contributed by atoms with Gasteiger partial charge >= 0.3 is 102 Å². The standard InChI is InChI=1S/C10H19INO3/c1-4-10(13)14-8-6-5-7-12(3)15-9-11-2/h4H,1,5-9H2,2-3H3/q-1. The molecule has 0 bridgehead atoms. The molecule has 0 aliphatic rings. The molecule has 0 heterocycles. The second-order valence-corrected chi connectivity index (χ2v) is 5.08. The van der Waals surface area contributed by atoms with Crippen molar-refractivity contribution in [3.63, 3.8) is 0 Å². The van der Waals surface area contributed by atoms with Crippen LogP contribution < -0.4 is 21.2 Å². The number of ether oxygens (including phenoxy) is 1. The molecule has 0 aliphatic carbocycles. The molecule has 0 aliphatic heterocycles. The fourth-order valence-electron chi connectivity index (χ4n) is 0.865. The molecule has 5 heteroatoms. The molecule has 0 amide bonds. The van der Waals surface area contributed by atoms with Gasteiger partial charge in [0.15, 0.2) is 0 Å². The van der Waals surface area contributed by atoms with Crippen LogP contribution in [-0.4, -0.2) is 40.8 Å². The monoisotopic (exact) mass is 328 g/mol. The molecule has 0 aromatic heterocycles. The molecular formula is C10H19INO3-. The van der Waals surface area contributed by atoms with Gasteiger partial charge in [-0.15, -0.1) is 0 Å². The van der Waals surface area contributed by atoms with Gasteiger partial charge in [0.25, 0.3) is 0 Å². The summed E-state index contributed by atoms with van der Waals surface area (Å²) in [5.74, 6) is -0.352. The molecule has 4 nitrogen and oxygen atoms in total. The fourth-order valence-corrected chi connectivity index (χ4v) is 1.62. The van der Waals surface area contributed by atoms with Gasteiger partial charge in [-0.25, -0.2) is 0 Å². The minimum absolute atomic E-state index is 0.195. The Balaban J connectivity index is 3.22. The van der Waals surface area contributed by atoms with Gasteiger partial charge in [0.05, 0.1) is 0 Å². The average Bonchev–Trinajstić information content (AvgIpc) is 2.25. The Labute approximate surface area is 102 Å². The zero-order valence-corrected chi connectivity index (χ0v) is 11.5. The Hall–Kier alpha value is -0.140. The van der Waals surface area contributed by atoms with Crippen LogP contribution in [-0.2, 0) is 14.4 Å². The number of carbonyl (C=O) groups is 1. The van der Waals surface area contributed by atoms with Gasteiger partial charge < -0.3 is 0 Å². The fraction of sp³-hybridized carbons (Fsp3) is 0.700. The predicted molar refractivity (Wildman–Crippen MR) is 54.9 cm³/mol. The number of esters is 1. The number of hydrogen-bond acceptors (Lipinski definition) is 4. The molecule has 0 fully saturated rings. The molecular weight excluding hydrogens is 309 g/mol. The van der Waals surface area contributed by atoms with Crippen LogP contribution >= 0.6 is 0 Å². The molecule has 15 heavy (non-hydrogen) atoms. The van der Waals surface area contributed by atoms with Crippen molar-refractivity contribution in [1.29, 1.82) is 0 Å². The predicted octanol–water partition coefficient (Wildman–Crippen LogP) is -1.96. The molecule has 90 valence electrons. The average molecular weight is 328 g/mol. The van der Waals surface area contributed by atoms with Gasteiger partial charge in [-0.2, -0.15) is 0 Å². The summed E-state index contributed by atoms with van der Waals surface area (Å²) in [4.78, 5) is 18.3. The van der Waals surface area contributed by atoms with Crippen molar-refractivity contribution in [3.8, 4) is 0 Å². The molecule has 0 spiro atoms. The van der Waals surface area contributed by atoms with Gasteiger partial charge in [0.2, 0.25) is 0 Å². The van der Waals surface area contributed by atoms with Crippen LogP contribution in [0.5, 0.6) is 0 Å². The van der Waals surface area contributed by atoms with E-state index in [1.54, 1.807) is 0 Å². The number of unbranched alkanes of at least 4 members (excludes halogenated alkanes) is 1. The van der Waals surface area contributed by atoms with Crippen LogP contribution in [0.1, 0.15) is 12.8 Å². The Bertz CT molecular complexity index is 188. The Morgan fingerprint density at radius 1 is 1.53 bits per heavy atom. The van der Waals surface area contributed by atoms with Crippen LogP contribution in [0.2, 0.25) is 0 Å². The molecule has 0 radical (unpaired) electrons. The summed E-state index contributed by atoms with van der Waals surface area (Å²) in [6, 6.07) is 0. The first-order chi connectivity index (χ1) is 7.20. The van der Waals surface area contributed by atoms with E-state index >= 15 is 0 Å². The SMILES string of the molecule is C=CC(=O)OCCCCN(C)OC[I-]C. The number of hydrogen-bond donors (Lipinski definition) is 0. The molecule has 0 N–H and O–H groups in total. The number of carbonyl (C=O) groups excluding carboxylic acids is 1. The number of hydroxylamine groups is 2. The first kappa shape index (κ1) is 14.9. The first-order valence-corrected chi connectivity index (χ1v) is 8.46. The number of alkyl halides is 2. The van der Waals surface area contributed by atoms with E-state index in [0.29, 0.717) is 6.61 Å². The summed E-state index contributed by atoms with van der Waals surface area (Å²) in [7, 11) is 1.93. The van der Waals surface area contributed by atoms with Crippen molar-refractivity contribution < 1.29 is 35.6 Å². The van der Waals surface area contributed by atoms with Crippen molar-refractivity contribution in [1.82, 2.24) is 5.06 Å². The molecule has 0 unspecified atom stereocenters. The van der Waals surface area contributed by atoms with E-state index in [1.165, 1.54) is 6.08 Å². The first-order valence-electron chi connectivity index (χ1n) is 4.77. The minimum atomic E-state index is -0.352. The summed E-state index contributed by atoms with van der Waals surface area (Å²) < 4.78 is 5.71. The van der Waals surface area contributed by atoms with Crippen molar-refractivity contribution in [2.45, 2.75) is 12.8 Å². The Kier molecular flexibility index (Phi) is 10.3. The summed E-state index contributed by atoms with van der Waals surface area (Å²) >= 11 is 0.195. The van der Waals surface area contributed by atoms with Crippen molar-refractivity contribution in [2.24, 2.45) is 0 Å². The van der Waals surface area contributed by atoms with Gasteiger partial charge in [-0.05, 0) is 0 Å². The molecule has 0 atom stereocenters. The van der Waals surface area contributed by atoms with Crippen molar-refractivity contribution in [3.05, 3.63) is 12.7 Å². The molecule has 0 saturated heterocycles. The summed E-state index contributed by atoms with van der Waals surface area (Å²) in [6.07, 6.45) is 3.00. The van der Waals surface area contributed by atoms with Crippen LogP contribution in [0.3, 0.4) is 0 Å². The van der Waals surface area contributed by atoms with E-state index in [1.807, 2.05) is 12.1 Å². The maximum atomic E-state index is 10.7. The third-order valence-electron chi connectivity index (χ3n) is 1.66. The Morgan fingerprint density at radius 3 is 2.87 bits per heavy atom. The van der Waals surface area contributed by atoms with Crippen LogP contribution in [0.15, 0.2) is 12.7 Å². The van der Waals surface area contributed by atoms with Crippen molar-refractivity contribution >= 4 is 5.97 Å². The number of halogens is 1. The second kappa shape index (κ2) is 10.4. The van der Waals surface area contributed by atoms with E-state index in [-0.39, 0.29) is 27.2 Å². The van der Waals surface area contributed by atoms with Crippen LogP contribution in [0.25, 0.3) is 0 Å². The van der Waals surface area contributed by atoms with Gasteiger partial charge in [-0.1, -0.05) is 0 Å². The second-order valence-electron chi connectivity index (χ2n) is 2.94. The molecule has 0 aromatic carbocycles. The van der Waals surface area contributed by atoms with E-state index in [4.69, 9.17) is 9.57 Å². The number of rotatable bonds is 9. The van der Waals surface area contributed by atoms with E-state index in [2.05, 4.69) is 11.5 Å². The summed E-state index contributed by atoms with van der Waals surface area (Å²) in [5.41, 5.74) is 0. The summed E-state index contributed by atoms with van der Waals surface area (Å²) in [5, 5.41) is 1.85. The van der Waals surface area contributed by atoms with Crippen LogP contribution in [0, 0.1) is 0 Å². The third-order valence-corrected chi connectivity index (χ3v) is 2.56. The van der Waals surface area contributed by atoms with E-state index < -0.39 is 0 Å². The van der Waals surface area contributed by atoms with Crippen molar-refractivity contribution in [2.75, 3.05) is 29.7 Å². The van der Waals surface area contributed by atoms with E-state index in [0.717, 1.165) is 24.0 Å². The molecule has 0 saturated carbocycles. The third kappa shape index (κ3) is 10.1. The van der Waals surface area contributed by atoms with E-state index in [9.17, 15) is 4.79 Å². The van der Waals surface area contributed by atoms with Crippen LogP contribution in [0.4, 0.5) is 0 Å². The topological polar surface area (TPSA) is 38.8 Å². The molecule has 0 rings (SSSR count). The maximum absolute atomic E-state index is 10.7. The van der Waals surface area contributed by atoms with Gasteiger partial charge in [0.1, 0.15) is 0 Å². The Morgan fingerprint density at radius 2 is 2.27 bits per heavy atom. The zero-order valence-electron chi connectivity index (χ0n) is 9.37. The summed E-state index contributed by atoms with van der Waals surface area (Å²) in [6.45, 7) is 4.65. The zero-order chi connectivity index (χ0) is 11.5. The van der Waals surface area contributed by atoms with Gasteiger partial charge in [0, 0.05) is 0 Å². The number of nitrogens with zero attached hydrogens (tertiary/aromatic N) is 1.